The van der Waals surface area contributed by atoms with Gasteiger partial charge in [-0.25, -0.2) is 0 Å². The second kappa shape index (κ2) is 8.14. The molecule has 1 rings (SSSR count). The van der Waals surface area contributed by atoms with E-state index in [0.29, 0.717) is 17.9 Å². The average Bonchev–Trinajstić information content (AvgIpc) is 2.36. The van der Waals surface area contributed by atoms with E-state index < -0.39 is 0 Å². The van der Waals surface area contributed by atoms with Gasteiger partial charge in [0.1, 0.15) is 0 Å². The van der Waals surface area contributed by atoms with Crippen molar-refractivity contribution in [2.45, 2.75) is 52.5 Å². The summed E-state index contributed by atoms with van der Waals surface area (Å²) in [5.41, 5.74) is 1.10. The van der Waals surface area contributed by atoms with Gasteiger partial charge in [0, 0.05) is 28.5 Å². The molecule has 0 aliphatic rings. The first-order chi connectivity index (χ1) is 9.01. The number of nitrogens with one attached hydrogen (secondary N) is 1. The van der Waals surface area contributed by atoms with Gasteiger partial charge in [-0.05, 0) is 23.6 Å². The Morgan fingerprint density at radius 3 is 2.00 bits per heavy atom. The van der Waals surface area contributed by atoms with Crippen LogP contribution < -0.4 is 5.32 Å². The summed E-state index contributed by atoms with van der Waals surface area (Å²) in [7, 11) is 0. The van der Waals surface area contributed by atoms with Crippen molar-refractivity contribution < 1.29 is 0 Å². The van der Waals surface area contributed by atoms with Gasteiger partial charge in [-0.1, -0.05) is 69.8 Å². The molecule has 19 heavy (non-hydrogen) atoms. The third kappa shape index (κ3) is 4.66. The number of hydrogen-bond donors (Lipinski definition) is 1. The fourth-order valence-corrected chi connectivity index (χ4v) is 3.27. The Hall–Kier alpha value is -0.240. The molecule has 0 aliphatic carbocycles. The van der Waals surface area contributed by atoms with Gasteiger partial charge in [0.05, 0.1) is 0 Å². The molecule has 1 aromatic rings. The zero-order chi connectivity index (χ0) is 14.4. The predicted molar refractivity (Wildman–Crippen MR) is 86.4 cm³/mol. The minimum atomic E-state index is 0.374. The van der Waals surface area contributed by atoms with Gasteiger partial charge in [-0.15, -0.1) is 0 Å². The molecule has 1 nitrogen and oxygen atoms in total. The van der Waals surface area contributed by atoms with Crippen LogP contribution in [0, 0.1) is 5.92 Å². The van der Waals surface area contributed by atoms with Gasteiger partial charge in [0.2, 0.25) is 0 Å². The van der Waals surface area contributed by atoms with Crippen LogP contribution in [0.25, 0.3) is 0 Å². The molecule has 0 saturated carbocycles. The Kier molecular flexibility index (Phi) is 7.20. The normalized spacial score (nSPS) is 13.3. The van der Waals surface area contributed by atoms with Crippen molar-refractivity contribution in [3.8, 4) is 0 Å². The van der Waals surface area contributed by atoms with E-state index in [2.05, 4.69) is 33.0 Å². The molecule has 0 heterocycles. The Morgan fingerprint density at radius 1 is 1.05 bits per heavy atom. The maximum atomic E-state index is 6.39. The minimum absolute atomic E-state index is 0.374. The van der Waals surface area contributed by atoms with Crippen LogP contribution in [0.2, 0.25) is 10.0 Å². The first kappa shape index (κ1) is 16.8. The highest BCUT2D eigenvalue weighted by molar-refractivity contribution is 6.36. The molecular weight excluding hydrogens is 277 g/mol. The molecular formula is C16H25Cl2N. The predicted octanol–water partition coefficient (Wildman–Crippen LogP) is 5.51. The van der Waals surface area contributed by atoms with Crippen molar-refractivity contribution in [3.63, 3.8) is 0 Å². The highest BCUT2D eigenvalue weighted by atomic mass is 35.5. The molecule has 0 radical (unpaired) electrons. The zero-order valence-electron chi connectivity index (χ0n) is 12.3. The smallest absolute Gasteiger partial charge is 0.0456 e. The molecule has 1 unspecified atom stereocenters. The van der Waals surface area contributed by atoms with Crippen LogP contribution in [-0.2, 0) is 0 Å². The van der Waals surface area contributed by atoms with Gasteiger partial charge in [-0.2, -0.15) is 0 Å². The third-order valence-electron chi connectivity index (χ3n) is 3.73. The van der Waals surface area contributed by atoms with E-state index in [1.807, 2.05) is 18.2 Å². The summed E-state index contributed by atoms with van der Waals surface area (Å²) in [5.74, 6) is 0.974. The second-order valence-corrected chi connectivity index (χ2v) is 6.20. The summed E-state index contributed by atoms with van der Waals surface area (Å²) < 4.78 is 0. The molecule has 1 atom stereocenters. The Balaban J connectivity index is 3.07. The lowest BCUT2D eigenvalue weighted by Crippen LogP contribution is -2.31. The van der Waals surface area contributed by atoms with Crippen LogP contribution in [0.1, 0.15) is 52.0 Å². The maximum Gasteiger partial charge on any atom is 0.0456 e. The van der Waals surface area contributed by atoms with E-state index in [0.717, 1.165) is 35.0 Å². The fourth-order valence-electron chi connectivity index (χ4n) is 2.59. The van der Waals surface area contributed by atoms with E-state index in [4.69, 9.17) is 23.2 Å². The minimum Gasteiger partial charge on any atom is -0.314 e. The SMILES string of the molecule is CCC(CC)C(CNC(C)C)c1c(Cl)cccc1Cl. The molecule has 0 aliphatic heterocycles. The molecule has 1 N–H and O–H groups in total. The van der Waals surface area contributed by atoms with Gasteiger partial charge in [-0.3, -0.25) is 0 Å². The fraction of sp³-hybridized carbons (Fsp3) is 0.625. The first-order valence-electron chi connectivity index (χ1n) is 7.18. The molecule has 0 bridgehead atoms. The van der Waals surface area contributed by atoms with E-state index in [-0.39, 0.29) is 0 Å². The van der Waals surface area contributed by atoms with Crippen molar-refractivity contribution in [2.75, 3.05) is 6.54 Å². The average molecular weight is 302 g/mol. The van der Waals surface area contributed by atoms with Gasteiger partial charge in [0.25, 0.3) is 0 Å². The Labute approximate surface area is 127 Å². The first-order valence-corrected chi connectivity index (χ1v) is 7.94. The van der Waals surface area contributed by atoms with E-state index >= 15 is 0 Å². The summed E-state index contributed by atoms with van der Waals surface area (Å²) in [6, 6.07) is 6.26. The maximum absolute atomic E-state index is 6.39. The van der Waals surface area contributed by atoms with E-state index in [1.165, 1.54) is 0 Å². The third-order valence-corrected chi connectivity index (χ3v) is 4.39. The summed E-state index contributed by atoms with van der Waals surface area (Å²) in [4.78, 5) is 0. The lowest BCUT2D eigenvalue weighted by Gasteiger charge is -2.28. The molecule has 108 valence electrons. The van der Waals surface area contributed by atoms with E-state index in [1.54, 1.807) is 0 Å². The number of rotatable bonds is 7. The van der Waals surface area contributed by atoms with Crippen molar-refractivity contribution in [1.82, 2.24) is 5.32 Å². The van der Waals surface area contributed by atoms with E-state index in [9.17, 15) is 0 Å². The van der Waals surface area contributed by atoms with Crippen LogP contribution in [0.4, 0.5) is 0 Å². The molecule has 0 spiro atoms. The largest absolute Gasteiger partial charge is 0.314 e. The standard InChI is InChI=1S/C16H25Cl2N/c1-5-12(6-2)13(10-19-11(3)4)16-14(17)8-7-9-15(16)18/h7-9,11-13,19H,5-6,10H2,1-4H3. The van der Waals surface area contributed by atoms with Crippen molar-refractivity contribution >= 4 is 23.2 Å². The van der Waals surface area contributed by atoms with Crippen LogP contribution in [0.3, 0.4) is 0 Å². The zero-order valence-corrected chi connectivity index (χ0v) is 13.9. The van der Waals surface area contributed by atoms with Crippen LogP contribution in [-0.4, -0.2) is 12.6 Å². The summed E-state index contributed by atoms with van der Waals surface area (Å²) >= 11 is 12.8. The molecule has 3 heteroatoms. The second-order valence-electron chi connectivity index (χ2n) is 5.38. The highest BCUT2D eigenvalue weighted by Gasteiger charge is 2.24. The van der Waals surface area contributed by atoms with Crippen molar-refractivity contribution in [1.29, 1.82) is 0 Å². The van der Waals surface area contributed by atoms with Gasteiger partial charge >= 0.3 is 0 Å². The number of halogens is 2. The lowest BCUT2D eigenvalue weighted by atomic mass is 9.82. The quantitative estimate of drug-likeness (QED) is 0.700. The molecule has 0 saturated heterocycles. The Bertz CT molecular complexity index is 366. The molecule has 0 aromatic heterocycles. The van der Waals surface area contributed by atoms with Crippen molar-refractivity contribution in [2.24, 2.45) is 5.92 Å². The molecule has 0 fully saturated rings. The van der Waals surface area contributed by atoms with Crippen LogP contribution in [0.15, 0.2) is 18.2 Å². The van der Waals surface area contributed by atoms with Gasteiger partial charge in [0.15, 0.2) is 0 Å². The Morgan fingerprint density at radius 2 is 1.58 bits per heavy atom. The number of benzene rings is 1. The van der Waals surface area contributed by atoms with Gasteiger partial charge < -0.3 is 5.32 Å². The van der Waals surface area contributed by atoms with Crippen LogP contribution in [0.5, 0.6) is 0 Å². The summed E-state index contributed by atoms with van der Waals surface area (Å²) in [5, 5.41) is 5.10. The van der Waals surface area contributed by atoms with Crippen LogP contribution >= 0.6 is 23.2 Å². The highest BCUT2D eigenvalue weighted by Crippen LogP contribution is 2.38. The number of hydrogen-bond acceptors (Lipinski definition) is 1. The summed E-state index contributed by atoms with van der Waals surface area (Å²) in [6.07, 6.45) is 2.28. The summed E-state index contributed by atoms with van der Waals surface area (Å²) in [6.45, 7) is 9.73. The monoisotopic (exact) mass is 301 g/mol. The lowest BCUT2D eigenvalue weighted by molar-refractivity contribution is 0.370. The topological polar surface area (TPSA) is 12.0 Å². The molecule has 0 amide bonds. The van der Waals surface area contributed by atoms with Crippen molar-refractivity contribution in [3.05, 3.63) is 33.8 Å². The molecule has 1 aromatic carbocycles.